The zero-order valence-electron chi connectivity index (χ0n) is 11.2. The Bertz CT molecular complexity index is 559. The Hall–Kier alpha value is -1.07. The van der Waals surface area contributed by atoms with E-state index in [1.54, 1.807) is 0 Å². The van der Waals surface area contributed by atoms with Gasteiger partial charge in [-0.05, 0) is 64.4 Å². The van der Waals surface area contributed by atoms with Gasteiger partial charge >= 0.3 is 0 Å². The van der Waals surface area contributed by atoms with Crippen LogP contribution in [0.15, 0.2) is 48.5 Å². The number of ether oxygens (including phenoxy) is 2. The molecule has 1 aliphatic rings. The van der Waals surface area contributed by atoms with Gasteiger partial charge in [-0.25, -0.2) is 0 Å². The van der Waals surface area contributed by atoms with Crippen LogP contribution in [0.4, 0.5) is 0 Å². The molecule has 0 saturated carbocycles. The largest absolute Gasteiger partial charge is 0.488 e. The molecule has 0 bridgehead atoms. The van der Waals surface area contributed by atoms with Gasteiger partial charge in [-0.1, -0.05) is 24.3 Å². The summed E-state index contributed by atoms with van der Waals surface area (Å²) >= 11 is 2.35. The lowest BCUT2D eigenvalue weighted by Gasteiger charge is -2.12. The minimum Gasteiger partial charge on any atom is -0.488 e. The van der Waals surface area contributed by atoms with Gasteiger partial charge in [0.1, 0.15) is 11.9 Å². The SMILES string of the molecule is Ic1cccc(Cc2ccc(O[C@@H]3CCOC3)cc2)c1. The predicted molar refractivity (Wildman–Crippen MR) is 88.3 cm³/mol. The van der Waals surface area contributed by atoms with E-state index in [0.717, 1.165) is 25.2 Å². The average molecular weight is 380 g/mol. The van der Waals surface area contributed by atoms with Crippen LogP contribution in [-0.2, 0) is 11.2 Å². The van der Waals surface area contributed by atoms with E-state index in [0.29, 0.717) is 6.61 Å². The minimum absolute atomic E-state index is 0.219. The van der Waals surface area contributed by atoms with Crippen molar-refractivity contribution in [2.75, 3.05) is 13.2 Å². The Kier molecular flexibility index (Phi) is 4.58. The summed E-state index contributed by atoms with van der Waals surface area (Å²) in [5.41, 5.74) is 2.65. The van der Waals surface area contributed by atoms with E-state index in [1.807, 2.05) is 0 Å². The molecule has 20 heavy (non-hydrogen) atoms. The van der Waals surface area contributed by atoms with Crippen molar-refractivity contribution >= 4 is 22.6 Å². The van der Waals surface area contributed by atoms with Crippen LogP contribution in [0.1, 0.15) is 17.5 Å². The monoisotopic (exact) mass is 380 g/mol. The van der Waals surface area contributed by atoms with Gasteiger partial charge in [0.05, 0.1) is 13.2 Å². The third-order valence-electron chi connectivity index (χ3n) is 3.41. The molecule has 0 N–H and O–H groups in total. The van der Waals surface area contributed by atoms with Gasteiger partial charge in [0.2, 0.25) is 0 Å². The fraction of sp³-hybridized carbons (Fsp3) is 0.294. The lowest BCUT2D eigenvalue weighted by atomic mass is 10.1. The molecule has 1 saturated heterocycles. The Balaban J connectivity index is 1.63. The Labute approximate surface area is 133 Å². The second-order valence-electron chi connectivity index (χ2n) is 5.05. The molecular formula is C17H17IO2. The number of hydrogen-bond donors (Lipinski definition) is 0. The Morgan fingerprint density at radius 1 is 1.10 bits per heavy atom. The van der Waals surface area contributed by atoms with E-state index in [4.69, 9.17) is 9.47 Å². The molecule has 3 heteroatoms. The molecule has 1 fully saturated rings. The molecule has 0 radical (unpaired) electrons. The van der Waals surface area contributed by atoms with E-state index in [1.165, 1.54) is 14.7 Å². The van der Waals surface area contributed by atoms with Crippen molar-refractivity contribution in [1.29, 1.82) is 0 Å². The lowest BCUT2D eigenvalue weighted by Crippen LogP contribution is -2.15. The van der Waals surface area contributed by atoms with Crippen molar-refractivity contribution in [3.8, 4) is 5.75 Å². The van der Waals surface area contributed by atoms with Crippen LogP contribution in [0.25, 0.3) is 0 Å². The normalized spacial score (nSPS) is 18.1. The van der Waals surface area contributed by atoms with Crippen LogP contribution in [0.5, 0.6) is 5.75 Å². The van der Waals surface area contributed by atoms with Gasteiger partial charge in [-0.15, -0.1) is 0 Å². The highest BCUT2D eigenvalue weighted by molar-refractivity contribution is 14.1. The average Bonchev–Trinajstić information content (AvgIpc) is 2.94. The molecule has 104 valence electrons. The van der Waals surface area contributed by atoms with Crippen LogP contribution in [0, 0.1) is 3.57 Å². The molecular weight excluding hydrogens is 363 g/mol. The second-order valence-corrected chi connectivity index (χ2v) is 6.30. The Morgan fingerprint density at radius 2 is 1.95 bits per heavy atom. The number of halogens is 1. The number of hydrogen-bond acceptors (Lipinski definition) is 2. The summed E-state index contributed by atoms with van der Waals surface area (Å²) in [7, 11) is 0. The highest BCUT2D eigenvalue weighted by Gasteiger charge is 2.16. The summed E-state index contributed by atoms with van der Waals surface area (Å²) in [5, 5.41) is 0. The maximum atomic E-state index is 5.87. The van der Waals surface area contributed by atoms with E-state index in [-0.39, 0.29) is 6.10 Å². The van der Waals surface area contributed by atoms with E-state index in [9.17, 15) is 0 Å². The fourth-order valence-electron chi connectivity index (χ4n) is 2.37. The van der Waals surface area contributed by atoms with Gasteiger partial charge in [-0.3, -0.25) is 0 Å². The summed E-state index contributed by atoms with van der Waals surface area (Å²) in [5.74, 6) is 0.937. The van der Waals surface area contributed by atoms with Gasteiger partial charge in [0, 0.05) is 9.99 Å². The van der Waals surface area contributed by atoms with Gasteiger partial charge in [0.25, 0.3) is 0 Å². The predicted octanol–water partition coefficient (Wildman–Crippen LogP) is 4.05. The molecule has 2 aromatic carbocycles. The first-order chi connectivity index (χ1) is 9.79. The van der Waals surface area contributed by atoms with Crippen LogP contribution in [0.2, 0.25) is 0 Å². The first-order valence-corrected chi connectivity index (χ1v) is 7.95. The third-order valence-corrected chi connectivity index (χ3v) is 4.08. The molecule has 0 spiro atoms. The molecule has 0 aromatic heterocycles. The molecule has 1 atom stereocenters. The maximum absolute atomic E-state index is 5.87. The molecule has 2 nitrogen and oxygen atoms in total. The lowest BCUT2D eigenvalue weighted by molar-refractivity contribution is 0.141. The van der Waals surface area contributed by atoms with Crippen molar-refractivity contribution in [2.45, 2.75) is 18.9 Å². The minimum atomic E-state index is 0.219. The number of rotatable bonds is 4. The third kappa shape index (κ3) is 3.73. The zero-order chi connectivity index (χ0) is 13.8. The molecule has 0 amide bonds. The Morgan fingerprint density at radius 3 is 2.65 bits per heavy atom. The van der Waals surface area contributed by atoms with Crippen molar-refractivity contribution in [3.63, 3.8) is 0 Å². The van der Waals surface area contributed by atoms with Crippen LogP contribution in [-0.4, -0.2) is 19.3 Å². The summed E-state index contributed by atoms with van der Waals surface area (Å²) in [4.78, 5) is 0. The number of benzene rings is 2. The second kappa shape index (κ2) is 6.59. The molecule has 0 aliphatic carbocycles. The van der Waals surface area contributed by atoms with Crippen LogP contribution < -0.4 is 4.74 Å². The quantitative estimate of drug-likeness (QED) is 0.746. The fourth-order valence-corrected chi connectivity index (χ4v) is 2.97. The molecule has 1 heterocycles. The van der Waals surface area contributed by atoms with Crippen molar-refractivity contribution in [1.82, 2.24) is 0 Å². The molecule has 3 rings (SSSR count). The van der Waals surface area contributed by atoms with Gasteiger partial charge in [-0.2, -0.15) is 0 Å². The summed E-state index contributed by atoms with van der Waals surface area (Å²) in [6.45, 7) is 1.53. The highest BCUT2D eigenvalue weighted by Crippen LogP contribution is 2.19. The van der Waals surface area contributed by atoms with E-state index in [2.05, 4.69) is 71.1 Å². The highest BCUT2D eigenvalue weighted by atomic mass is 127. The van der Waals surface area contributed by atoms with Crippen molar-refractivity contribution in [3.05, 3.63) is 63.2 Å². The summed E-state index contributed by atoms with van der Waals surface area (Å²) < 4.78 is 12.5. The first kappa shape index (κ1) is 13.9. The van der Waals surface area contributed by atoms with Gasteiger partial charge in [0.15, 0.2) is 0 Å². The summed E-state index contributed by atoms with van der Waals surface area (Å²) in [6, 6.07) is 17.0. The topological polar surface area (TPSA) is 18.5 Å². The van der Waals surface area contributed by atoms with Crippen molar-refractivity contribution in [2.24, 2.45) is 0 Å². The smallest absolute Gasteiger partial charge is 0.124 e. The maximum Gasteiger partial charge on any atom is 0.124 e. The molecule has 0 unspecified atom stereocenters. The zero-order valence-corrected chi connectivity index (χ0v) is 13.4. The van der Waals surface area contributed by atoms with Crippen LogP contribution in [0.3, 0.4) is 0 Å². The molecule has 2 aromatic rings. The first-order valence-electron chi connectivity index (χ1n) is 6.87. The standard InChI is InChI=1S/C17H17IO2/c18-15-3-1-2-14(11-15)10-13-4-6-16(7-5-13)20-17-8-9-19-12-17/h1-7,11,17H,8-10,12H2/t17-/m1/s1. The van der Waals surface area contributed by atoms with Crippen molar-refractivity contribution < 1.29 is 9.47 Å². The summed E-state index contributed by atoms with van der Waals surface area (Å²) in [6.07, 6.45) is 2.17. The van der Waals surface area contributed by atoms with E-state index >= 15 is 0 Å². The molecule has 1 aliphatic heterocycles. The van der Waals surface area contributed by atoms with E-state index < -0.39 is 0 Å². The van der Waals surface area contributed by atoms with Crippen LogP contribution >= 0.6 is 22.6 Å². The van der Waals surface area contributed by atoms with Gasteiger partial charge < -0.3 is 9.47 Å².